The van der Waals surface area contributed by atoms with Crippen molar-refractivity contribution in [1.29, 1.82) is 5.26 Å². The molecule has 0 atom stereocenters. The molecule has 2 aromatic carbocycles. The number of pyridine rings is 1. The lowest BCUT2D eigenvalue weighted by Crippen LogP contribution is -2.28. The number of aryl methyl sites for hydroxylation is 1. The third-order valence-corrected chi connectivity index (χ3v) is 4.94. The van der Waals surface area contributed by atoms with E-state index in [4.69, 9.17) is 0 Å². The molecule has 142 valence electrons. The summed E-state index contributed by atoms with van der Waals surface area (Å²) in [5, 5.41) is 13.2. The summed E-state index contributed by atoms with van der Waals surface area (Å²) >= 11 is 0. The number of carbonyl (C=O) groups is 1. The van der Waals surface area contributed by atoms with Crippen LogP contribution in [0.25, 0.3) is 10.9 Å². The summed E-state index contributed by atoms with van der Waals surface area (Å²) < 4.78 is 3.96. The maximum atomic E-state index is 13.0. The first kappa shape index (κ1) is 18.5. The molecule has 0 aliphatic rings. The van der Waals surface area contributed by atoms with Crippen molar-refractivity contribution in [3.63, 3.8) is 0 Å². The normalized spacial score (nSPS) is 10.6. The van der Waals surface area contributed by atoms with Crippen molar-refractivity contribution in [3.8, 4) is 6.07 Å². The van der Waals surface area contributed by atoms with Crippen LogP contribution in [0.4, 0.5) is 0 Å². The first-order valence-electron chi connectivity index (χ1n) is 9.44. The highest BCUT2D eigenvalue weighted by Gasteiger charge is 2.16. The maximum Gasteiger partial charge on any atom is 0.268 e. The van der Waals surface area contributed by atoms with Crippen LogP contribution in [0.1, 0.15) is 27.2 Å². The molecule has 0 spiro atoms. The highest BCUT2D eigenvalue weighted by molar-refractivity contribution is 5.98. The van der Waals surface area contributed by atoms with Gasteiger partial charge in [-0.3, -0.25) is 4.79 Å². The van der Waals surface area contributed by atoms with E-state index in [9.17, 15) is 10.1 Å². The van der Waals surface area contributed by atoms with E-state index in [1.54, 1.807) is 6.07 Å². The van der Waals surface area contributed by atoms with Crippen LogP contribution in [0.5, 0.6) is 0 Å². The summed E-state index contributed by atoms with van der Waals surface area (Å²) in [6, 6.07) is 23.5. The van der Waals surface area contributed by atoms with Gasteiger partial charge in [0.25, 0.3) is 5.91 Å². The second-order valence-electron chi connectivity index (χ2n) is 7.04. The molecule has 0 radical (unpaired) electrons. The molecule has 0 saturated carbocycles. The van der Waals surface area contributed by atoms with Gasteiger partial charge in [-0.15, -0.1) is 0 Å². The second-order valence-corrected chi connectivity index (χ2v) is 7.04. The Morgan fingerprint density at radius 2 is 1.83 bits per heavy atom. The van der Waals surface area contributed by atoms with Crippen LogP contribution < -0.4 is 9.88 Å². The molecule has 0 saturated heterocycles. The summed E-state index contributed by atoms with van der Waals surface area (Å²) in [6.45, 7) is 0.984. The fourth-order valence-electron chi connectivity index (χ4n) is 3.41. The minimum absolute atomic E-state index is 0.120. The molecule has 0 unspecified atom stereocenters. The maximum absolute atomic E-state index is 13.0. The lowest BCUT2D eigenvalue weighted by Gasteiger charge is -2.12. The topological polar surface area (TPSA) is 61.7 Å². The molecular formula is C24H21N4O+. The van der Waals surface area contributed by atoms with Gasteiger partial charge < -0.3 is 9.88 Å². The highest BCUT2D eigenvalue weighted by Crippen LogP contribution is 2.22. The standard InChI is InChI=1S/C24H20N4O/c1-27-11-9-18(10-12-27)16-26-24(29)23-14-21-7-2-3-8-22(21)28(23)17-20-6-4-5-19(13-20)15-25/h2-14H,16-17H2,1H3/p+1. The molecule has 1 N–H and O–H groups in total. The fraction of sp³-hybridized carbons (Fsp3) is 0.125. The Morgan fingerprint density at radius 1 is 1.03 bits per heavy atom. The zero-order chi connectivity index (χ0) is 20.2. The van der Waals surface area contributed by atoms with Crippen molar-refractivity contribution in [3.05, 3.63) is 102 Å². The first-order chi connectivity index (χ1) is 14.1. The number of aromatic nitrogens is 2. The van der Waals surface area contributed by atoms with Crippen molar-refractivity contribution >= 4 is 16.8 Å². The van der Waals surface area contributed by atoms with Crippen LogP contribution in [-0.4, -0.2) is 10.5 Å². The number of amides is 1. The summed E-state index contributed by atoms with van der Waals surface area (Å²) in [6.07, 6.45) is 3.92. The monoisotopic (exact) mass is 381 g/mol. The number of benzene rings is 2. The number of carbonyl (C=O) groups excluding carboxylic acids is 1. The van der Waals surface area contributed by atoms with Crippen molar-refractivity contribution in [1.82, 2.24) is 9.88 Å². The van der Waals surface area contributed by atoms with E-state index in [-0.39, 0.29) is 5.91 Å². The molecule has 4 aromatic rings. The first-order valence-corrected chi connectivity index (χ1v) is 9.44. The Morgan fingerprint density at radius 3 is 2.62 bits per heavy atom. The van der Waals surface area contributed by atoms with E-state index >= 15 is 0 Å². The van der Waals surface area contributed by atoms with Crippen molar-refractivity contribution in [2.24, 2.45) is 7.05 Å². The molecule has 0 fully saturated rings. The van der Waals surface area contributed by atoms with Crippen LogP contribution >= 0.6 is 0 Å². The van der Waals surface area contributed by atoms with Gasteiger partial charge in [0.1, 0.15) is 12.7 Å². The number of fused-ring (bicyclic) bond motifs is 1. The predicted octanol–water partition coefficient (Wildman–Crippen LogP) is 3.32. The Kier molecular flexibility index (Phi) is 5.08. The smallest absolute Gasteiger partial charge is 0.268 e. The third-order valence-electron chi connectivity index (χ3n) is 4.94. The SMILES string of the molecule is C[n+]1ccc(CNC(=O)c2cc3ccccc3n2Cc2cccc(C#N)c2)cc1. The fourth-order valence-corrected chi connectivity index (χ4v) is 3.41. The van der Waals surface area contributed by atoms with E-state index in [2.05, 4.69) is 11.4 Å². The van der Waals surface area contributed by atoms with Crippen molar-refractivity contribution in [2.45, 2.75) is 13.1 Å². The largest absolute Gasteiger partial charge is 0.347 e. The summed E-state index contributed by atoms with van der Waals surface area (Å²) in [5.41, 5.74) is 4.24. The predicted molar refractivity (Wildman–Crippen MR) is 111 cm³/mol. The van der Waals surface area contributed by atoms with Crippen molar-refractivity contribution in [2.75, 3.05) is 0 Å². The van der Waals surface area contributed by atoms with Crippen LogP contribution in [0, 0.1) is 11.3 Å². The average Bonchev–Trinajstić information content (AvgIpc) is 3.12. The highest BCUT2D eigenvalue weighted by atomic mass is 16.1. The number of nitrogens with one attached hydrogen (secondary N) is 1. The Labute approximate surface area is 169 Å². The van der Waals surface area contributed by atoms with E-state index in [1.165, 1.54) is 0 Å². The van der Waals surface area contributed by atoms with Gasteiger partial charge in [-0.2, -0.15) is 5.26 Å². The molecule has 1 amide bonds. The molecule has 5 heteroatoms. The van der Waals surface area contributed by atoms with E-state index in [0.29, 0.717) is 24.3 Å². The van der Waals surface area contributed by atoms with Gasteiger partial charge in [-0.1, -0.05) is 30.3 Å². The number of para-hydroxylation sites is 1. The summed E-state index contributed by atoms with van der Waals surface area (Å²) in [5.74, 6) is -0.120. The molecule has 0 aliphatic carbocycles. The van der Waals surface area contributed by atoms with Gasteiger partial charge >= 0.3 is 0 Å². The van der Waals surface area contributed by atoms with Gasteiger partial charge in [0.15, 0.2) is 12.4 Å². The van der Waals surface area contributed by atoms with Gasteiger partial charge in [0, 0.05) is 36.1 Å². The quantitative estimate of drug-likeness (QED) is 0.539. The van der Waals surface area contributed by atoms with E-state index in [1.807, 2.05) is 89.2 Å². The Hall–Kier alpha value is -3.91. The molecule has 4 rings (SSSR count). The number of nitrogens with zero attached hydrogens (tertiary/aromatic N) is 3. The molecule has 29 heavy (non-hydrogen) atoms. The number of hydrogen-bond donors (Lipinski definition) is 1. The summed E-state index contributed by atoms with van der Waals surface area (Å²) in [4.78, 5) is 13.0. The minimum atomic E-state index is -0.120. The molecule has 2 heterocycles. The number of nitriles is 1. The minimum Gasteiger partial charge on any atom is -0.347 e. The summed E-state index contributed by atoms with van der Waals surface area (Å²) in [7, 11) is 1.96. The molecular weight excluding hydrogens is 360 g/mol. The second kappa shape index (κ2) is 7.99. The zero-order valence-corrected chi connectivity index (χ0v) is 16.2. The molecule has 0 bridgehead atoms. The number of rotatable bonds is 5. The number of hydrogen-bond acceptors (Lipinski definition) is 2. The van der Waals surface area contributed by atoms with Crippen molar-refractivity contribution < 1.29 is 9.36 Å². The molecule has 2 aromatic heterocycles. The van der Waals surface area contributed by atoms with Crippen LogP contribution in [0.15, 0.2) is 79.1 Å². The van der Waals surface area contributed by atoms with Gasteiger partial charge in [0.2, 0.25) is 0 Å². The van der Waals surface area contributed by atoms with Gasteiger partial charge in [0.05, 0.1) is 11.6 Å². The lowest BCUT2D eigenvalue weighted by molar-refractivity contribution is -0.671. The van der Waals surface area contributed by atoms with Gasteiger partial charge in [-0.05, 0) is 35.4 Å². The van der Waals surface area contributed by atoms with Crippen LogP contribution in [0.3, 0.4) is 0 Å². The Balaban J connectivity index is 1.64. The van der Waals surface area contributed by atoms with Crippen LogP contribution in [-0.2, 0) is 20.1 Å². The average molecular weight is 381 g/mol. The third kappa shape index (κ3) is 4.02. The lowest BCUT2D eigenvalue weighted by atomic mass is 10.1. The Bertz CT molecular complexity index is 1220. The van der Waals surface area contributed by atoms with E-state index in [0.717, 1.165) is 22.0 Å². The molecule has 5 nitrogen and oxygen atoms in total. The molecule has 0 aliphatic heterocycles. The van der Waals surface area contributed by atoms with Gasteiger partial charge in [-0.25, -0.2) is 4.57 Å². The van der Waals surface area contributed by atoms with Crippen LogP contribution in [0.2, 0.25) is 0 Å². The zero-order valence-electron chi connectivity index (χ0n) is 16.2. The van der Waals surface area contributed by atoms with E-state index < -0.39 is 0 Å².